The van der Waals surface area contributed by atoms with Crippen LogP contribution in [0.5, 0.6) is 5.75 Å². The van der Waals surface area contributed by atoms with Crippen LogP contribution in [-0.2, 0) is 11.3 Å². The third-order valence-corrected chi connectivity index (χ3v) is 3.70. The number of carbonyl (C=O) groups excluding carboxylic acids is 1. The zero-order chi connectivity index (χ0) is 18.2. The Morgan fingerprint density at radius 1 is 1.20 bits per heavy atom. The fraction of sp³-hybridized carbons (Fsp3) is 0.353. The predicted molar refractivity (Wildman–Crippen MR) is 94.3 cm³/mol. The summed E-state index contributed by atoms with van der Waals surface area (Å²) in [7, 11) is 3.19. The molecule has 1 amide bonds. The molecule has 0 saturated carbocycles. The molecule has 1 aromatic carbocycles. The van der Waals surface area contributed by atoms with Gasteiger partial charge >= 0.3 is 0 Å². The Labute approximate surface area is 150 Å². The Balaban J connectivity index is 1.92. The molecule has 0 aliphatic heterocycles. The minimum absolute atomic E-state index is 0.199. The van der Waals surface area contributed by atoms with Crippen LogP contribution in [0.4, 0.5) is 0 Å². The molecule has 0 unspecified atom stereocenters. The van der Waals surface area contributed by atoms with E-state index in [-0.39, 0.29) is 17.2 Å². The van der Waals surface area contributed by atoms with Gasteiger partial charge in [0.1, 0.15) is 18.1 Å². The van der Waals surface area contributed by atoms with Gasteiger partial charge in [0, 0.05) is 25.2 Å². The van der Waals surface area contributed by atoms with E-state index in [1.54, 1.807) is 31.3 Å². The van der Waals surface area contributed by atoms with Gasteiger partial charge in [-0.1, -0.05) is 11.6 Å². The molecule has 0 fully saturated rings. The Morgan fingerprint density at radius 3 is 2.60 bits per heavy atom. The number of benzene rings is 1. The van der Waals surface area contributed by atoms with E-state index in [4.69, 9.17) is 21.1 Å². The van der Waals surface area contributed by atoms with E-state index in [0.717, 1.165) is 0 Å². The number of likely N-dealkylation sites (N-methyl/N-ethyl adjacent to an activating group) is 1. The molecule has 0 N–H and O–H groups in total. The highest BCUT2D eigenvalue weighted by molar-refractivity contribution is 6.30. The summed E-state index contributed by atoms with van der Waals surface area (Å²) in [5, 5.41) is 4.72. The first-order valence-electron chi connectivity index (χ1n) is 7.72. The van der Waals surface area contributed by atoms with Crippen LogP contribution in [0, 0.1) is 0 Å². The van der Waals surface area contributed by atoms with Crippen LogP contribution in [-0.4, -0.2) is 54.5 Å². The molecule has 2 aromatic rings. The third-order valence-electron chi connectivity index (χ3n) is 3.45. The molecule has 1 aromatic heterocycles. The first-order valence-corrected chi connectivity index (χ1v) is 8.10. The number of amides is 1. The van der Waals surface area contributed by atoms with E-state index >= 15 is 0 Å². The molecule has 2 rings (SSSR count). The molecule has 0 bridgehead atoms. The minimum atomic E-state index is -0.286. The van der Waals surface area contributed by atoms with Crippen molar-refractivity contribution in [1.82, 2.24) is 14.7 Å². The van der Waals surface area contributed by atoms with Crippen LogP contribution in [0.3, 0.4) is 0 Å². The second-order valence-corrected chi connectivity index (χ2v) is 5.74. The number of hydrogen-bond acceptors (Lipinski definition) is 5. The fourth-order valence-electron chi connectivity index (χ4n) is 2.03. The number of aromatic nitrogens is 2. The molecule has 1 heterocycles. The number of hydrogen-bond donors (Lipinski definition) is 0. The molecule has 0 spiro atoms. The Morgan fingerprint density at radius 2 is 1.92 bits per heavy atom. The van der Waals surface area contributed by atoms with Crippen molar-refractivity contribution in [2.45, 2.75) is 6.54 Å². The summed E-state index contributed by atoms with van der Waals surface area (Å²) in [5.74, 6) is 0.391. The SMILES string of the molecule is COCCn1nc(C(=O)N(C)CCOc2ccc(Cl)cc2)ccc1=O. The van der Waals surface area contributed by atoms with Crippen LogP contribution in [0.15, 0.2) is 41.2 Å². The molecule has 0 aliphatic carbocycles. The van der Waals surface area contributed by atoms with Gasteiger partial charge in [-0.05, 0) is 30.3 Å². The number of nitrogens with zero attached hydrogens (tertiary/aromatic N) is 3. The van der Waals surface area contributed by atoms with Gasteiger partial charge in [0.2, 0.25) is 0 Å². The van der Waals surface area contributed by atoms with Crippen molar-refractivity contribution in [3.05, 3.63) is 57.5 Å². The summed E-state index contributed by atoms with van der Waals surface area (Å²) in [6, 6.07) is 9.74. The highest BCUT2D eigenvalue weighted by Crippen LogP contribution is 2.15. The first kappa shape index (κ1) is 19.0. The summed E-state index contributed by atoms with van der Waals surface area (Å²) >= 11 is 5.81. The molecule has 0 saturated heterocycles. The molecular weight excluding hydrogens is 346 g/mol. The van der Waals surface area contributed by atoms with E-state index < -0.39 is 0 Å². The first-order chi connectivity index (χ1) is 12.0. The Bertz CT molecular complexity index is 761. The normalized spacial score (nSPS) is 10.5. The number of carbonyl (C=O) groups is 1. The maximum atomic E-state index is 12.4. The van der Waals surface area contributed by atoms with Crippen molar-refractivity contribution in [3.63, 3.8) is 0 Å². The van der Waals surface area contributed by atoms with Crippen LogP contribution in [0.25, 0.3) is 0 Å². The van der Waals surface area contributed by atoms with Crippen LogP contribution in [0.1, 0.15) is 10.5 Å². The molecule has 134 valence electrons. The lowest BCUT2D eigenvalue weighted by Crippen LogP contribution is -2.34. The third kappa shape index (κ3) is 5.58. The second kappa shape index (κ2) is 9.19. The predicted octanol–water partition coefficient (Wildman–Crippen LogP) is 1.69. The summed E-state index contributed by atoms with van der Waals surface area (Å²) in [5.41, 5.74) is -0.0768. The molecule has 25 heavy (non-hydrogen) atoms. The smallest absolute Gasteiger partial charge is 0.274 e. The number of ether oxygens (including phenoxy) is 2. The van der Waals surface area contributed by atoms with Gasteiger partial charge in [-0.3, -0.25) is 9.59 Å². The van der Waals surface area contributed by atoms with Gasteiger partial charge < -0.3 is 14.4 Å². The molecule has 0 aliphatic rings. The topological polar surface area (TPSA) is 73.7 Å². The standard InChI is InChI=1S/C17H20ClN3O4/c1-20(9-12-25-14-5-3-13(18)4-6-14)17(23)15-7-8-16(22)21(19-15)10-11-24-2/h3-8H,9-12H2,1-2H3. The van der Waals surface area contributed by atoms with Crippen molar-refractivity contribution >= 4 is 17.5 Å². The molecule has 0 radical (unpaired) electrons. The molecular formula is C17H20ClN3O4. The monoisotopic (exact) mass is 365 g/mol. The van der Waals surface area contributed by atoms with Crippen LogP contribution in [0.2, 0.25) is 5.02 Å². The van der Waals surface area contributed by atoms with E-state index in [9.17, 15) is 9.59 Å². The van der Waals surface area contributed by atoms with Gasteiger partial charge in [0.05, 0.1) is 19.7 Å². The minimum Gasteiger partial charge on any atom is -0.492 e. The van der Waals surface area contributed by atoms with E-state index in [1.807, 2.05) is 0 Å². The average Bonchev–Trinajstić information content (AvgIpc) is 2.62. The zero-order valence-electron chi connectivity index (χ0n) is 14.1. The average molecular weight is 366 g/mol. The maximum Gasteiger partial charge on any atom is 0.274 e. The van der Waals surface area contributed by atoms with Crippen LogP contribution >= 0.6 is 11.6 Å². The highest BCUT2D eigenvalue weighted by atomic mass is 35.5. The molecule has 7 nitrogen and oxygen atoms in total. The Kier molecular flexibility index (Phi) is 6.97. The van der Waals surface area contributed by atoms with Crippen molar-refractivity contribution in [3.8, 4) is 5.75 Å². The van der Waals surface area contributed by atoms with Gasteiger partial charge in [-0.25, -0.2) is 4.68 Å². The van der Waals surface area contributed by atoms with Crippen molar-refractivity contribution in [1.29, 1.82) is 0 Å². The fourth-order valence-corrected chi connectivity index (χ4v) is 2.16. The van der Waals surface area contributed by atoms with Crippen molar-refractivity contribution in [2.75, 3.05) is 33.9 Å². The van der Waals surface area contributed by atoms with E-state index in [1.165, 1.54) is 28.8 Å². The lowest BCUT2D eigenvalue weighted by Gasteiger charge is -2.17. The van der Waals surface area contributed by atoms with Crippen molar-refractivity contribution in [2.24, 2.45) is 0 Å². The van der Waals surface area contributed by atoms with Gasteiger partial charge in [-0.2, -0.15) is 5.10 Å². The summed E-state index contributed by atoms with van der Waals surface area (Å²) in [4.78, 5) is 25.6. The largest absolute Gasteiger partial charge is 0.492 e. The molecule has 8 heteroatoms. The molecule has 0 atom stereocenters. The van der Waals surface area contributed by atoms with Crippen molar-refractivity contribution < 1.29 is 14.3 Å². The van der Waals surface area contributed by atoms with Crippen LogP contribution < -0.4 is 10.3 Å². The number of halogens is 1. The number of methoxy groups -OCH3 is 1. The van der Waals surface area contributed by atoms with E-state index in [0.29, 0.717) is 37.1 Å². The summed E-state index contributed by atoms with van der Waals surface area (Å²) in [6.07, 6.45) is 0. The lowest BCUT2D eigenvalue weighted by molar-refractivity contribution is 0.0764. The lowest BCUT2D eigenvalue weighted by atomic mass is 10.3. The summed E-state index contributed by atoms with van der Waals surface area (Å²) < 4.78 is 11.7. The maximum absolute atomic E-state index is 12.4. The second-order valence-electron chi connectivity index (χ2n) is 5.30. The highest BCUT2D eigenvalue weighted by Gasteiger charge is 2.14. The number of rotatable bonds is 8. The van der Waals surface area contributed by atoms with E-state index in [2.05, 4.69) is 5.10 Å². The summed E-state index contributed by atoms with van der Waals surface area (Å²) in [6.45, 7) is 1.34. The van der Waals surface area contributed by atoms with Gasteiger partial charge in [0.25, 0.3) is 11.5 Å². The zero-order valence-corrected chi connectivity index (χ0v) is 14.9. The Hall–Kier alpha value is -2.38. The quantitative estimate of drug-likeness (QED) is 0.711. The van der Waals surface area contributed by atoms with Gasteiger partial charge in [-0.15, -0.1) is 0 Å². The van der Waals surface area contributed by atoms with Gasteiger partial charge in [0.15, 0.2) is 0 Å².